The van der Waals surface area contributed by atoms with Gasteiger partial charge in [0.05, 0.1) is 29.1 Å². The van der Waals surface area contributed by atoms with Gasteiger partial charge in [0.25, 0.3) is 11.5 Å². The van der Waals surface area contributed by atoms with Crippen LogP contribution in [0.3, 0.4) is 0 Å². The third-order valence-corrected chi connectivity index (χ3v) is 6.78. The molecule has 12 heteroatoms. The smallest absolute Gasteiger partial charge is 0.277 e. The van der Waals surface area contributed by atoms with Gasteiger partial charge in [0.2, 0.25) is 5.91 Å². The molecular formula is C29H30ClF2N3O6. The molecular weight excluding hydrogens is 560 g/mol. The molecule has 2 heterocycles. The number of halogens is 3. The SMILES string of the molecule is Cc1cc(OCc2ccc(F)cc2F)c(Cl)c(=O)n1-c1ccc2c(c1)N(C(=O)CC(C)(C)O)CN2C(=O)C(C)(C)O. The van der Waals surface area contributed by atoms with E-state index in [0.717, 1.165) is 12.1 Å². The lowest BCUT2D eigenvalue weighted by atomic mass is 10.0. The molecule has 0 atom stereocenters. The van der Waals surface area contributed by atoms with Crippen LogP contribution in [-0.4, -0.2) is 44.5 Å². The van der Waals surface area contributed by atoms with Crippen LogP contribution < -0.4 is 20.1 Å². The van der Waals surface area contributed by atoms with E-state index in [-0.39, 0.29) is 36.0 Å². The van der Waals surface area contributed by atoms with Gasteiger partial charge in [0.1, 0.15) is 41.3 Å². The highest BCUT2D eigenvalue weighted by molar-refractivity contribution is 6.31. The minimum atomic E-state index is -1.72. The van der Waals surface area contributed by atoms with E-state index < -0.39 is 40.2 Å². The molecule has 0 spiro atoms. The number of pyridine rings is 1. The van der Waals surface area contributed by atoms with Crippen LogP contribution in [0.4, 0.5) is 20.2 Å². The number of carbonyl (C=O) groups is 2. The number of amides is 2. The Balaban J connectivity index is 1.73. The van der Waals surface area contributed by atoms with Crippen LogP contribution in [0, 0.1) is 18.6 Å². The van der Waals surface area contributed by atoms with Crippen LogP contribution in [0.2, 0.25) is 5.02 Å². The topological polar surface area (TPSA) is 112 Å². The maximum atomic E-state index is 14.0. The van der Waals surface area contributed by atoms with E-state index in [2.05, 4.69) is 0 Å². The second-order valence-electron chi connectivity index (χ2n) is 11.0. The Hall–Kier alpha value is -3.80. The van der Waals surface area contributed by atoms with Gasteiger partial charge in [-0.1, -0.05) is 11.6 Å². The molecule has 1 aliphatic rings. The van der Waals surface area contributed by atoms with Gasteiger partial charge in [-0.05, 0) is 65.0 Å². The number of rotatable bonds is 7. The molecule has 4 rings (SSSR count). The summed E-state index contributed by atoms with van der Waals surface area (Å²) in [6.45, 7) is 6.77. The lowest BCUT2D eigenvalue weighted by Gasteiger charge is -2.26. The summed E-state index contributed by atoms with van der Waals surface area (Å²) in [5.74, 6) is -2.64. The predicted molar refractivity (Wildman–Crippen MR) is 150 cm³/mol. The molecule has 3 aromatic rings. The highest BCUT2D eigenvalue weighted by Gasteiger charge is 2.40. The van der Waals surface area contributed by atoms with Crippen molar-refractivity contribution in [3.05, 3.63) is 80.7 Å². The predicted octanol–water partition coefficient (Wildman–Crippen LogP) is 4.23. The zero-order valence-corrected chi connectivity index (χ0v) is 23.9. The van der Waals surface area contributed by atoms with Gasteiger partial charge in [-0.15, -0.1) is 0 Å². The first-order valence-electron chi connectivity index (χ1n) is 12.7. The van der Waals surface area contributed by atoms with Gasteiger partial charge in [0, 0.05) is 23.4 Å². The lowest BCUT2D eigenvalue weighted by molar-refractivity contribution is -0.133. The van der Waals surface area contributed by atoms with Crippen molar-refractivity contribution in [3.63, 3.8) is 0 Å². The van der Waals surface area contributed by atoms with Crippen molar-refractivity contribution in [2.24, 2.45) is 0 Å². The second-order valence-corrected chi connectivity index (χ2v) is 11.4. The number of fused-ring (bicyclic) bond motifs is 1. The molecule has 41 heavy (non-hydrogen) atoms. The molecule has 1 aliphatic heterocycles. The van der Waals surface area contributed by atoms with E-state index in [1.807, 2.05) is 0 Å². The number of hydrogen-bond donors (Lipinski definition) is 2. The molecule has 0 aliphatic carbocycles. The van der Waals surface area contributed by atoms with E-state index in [1.54, 1.807) is 19.1 Å². The minimum absolute atomic E-state index is 0.000711. The maximum Gasteiger partial charge on any atom is 0.277 e. The lowest BCUT2D eigenvalue weighted by Crippen LogP contribution is -2.48. The average molecular weight is 590 g/mol. The van der Waals surface area contributed by atoms with Crippen LogP contribution in [0.5, 0.6) is 5.75 Å². The van der Waals surface area contributed by atoms with Crippen molar-refractivity contribution in [2.75, 3.05) is 16.5 Å². The van der Waals surface area contributed by atoms with Gasteiger partial charge in [0.15, 0.2) is 0 Å². The van der Waals surface area contributed by atoms with Gasteiger partial charge in [-0.2, -0.15) is 0 Å². The molecule has 2 aromatic carbocycles. The van der Waals surface area contributed by atoms with Crippen molar-refractivity contribution >= 4 is 34.8 Å². The number of ether oxygens (including phenoxy) is 1. The largest absolute Gasteiger partial charge is 0.487 e. The zero-order chi connectivity index (χ0) is 30.4. The fourth-order valence-electron chi connectivity index (χ4n) is 4.47. The number of carbonyl (C=O) groups excluding carboxylic acids is 2. The highest BCUT2D eigenvalue weighted by Crippen LogP contribution is 2.40. The standard InChI is InChI=1S/C29H30ClF2N3O6/c1-16-10-23(41-14-17-6-7-18(31)11-20(17)32)25(30)26(37)35(16)19-8-9-21-22(12-19)33(24(36)13-28(2,3)39)15-34(21)27(38)29(4,5)40/h6-12,39-40H,13-15H2,1-5H3. The van der Waals surface area contributed by atoms with Gasteiger partial charge in [-0.3, -0.25) is 28.8 Å². The van der Waals surface area contributed by atoms with E-state index >= 15 is 0 Å². The third kappa shape index (κ3) is 6.27. The normalized spacial score (nSPS) is 13.4. The van der Waals surface area contributed by atoms with Crippen LogP contribution in [0.25, 0.3) is 5.69 Å². The molecule has 0 bridgehead atoms. The van der Waals surface area contributed by atoms with Crippen molar-refractivity contribution in [1.29, 1.82) is 0 Å². The first kappa shape index (κ1) is 30.2. The summed E-state index contributed by atoms with van der Waals surface area (Å²) in [6, 6.07) is 9.18. The Morgan fingerprint density at radius 1 is 1.00 bits per heavy atom. The summed E-state index contributed by atoms with van der Waals surface area (Å²) in [5, 5.41) is 20.3. The number of aryl methyl sites for hydroxylation is 1. The molecule has 218 valence electrons. The molecule has 2 amide bonds. The highest BCUT2D eigenvalue weighted by atomic mass is 35.5. The summed E-state index contributed by atoms with van der Waals surface area (Å²) >= 11 is 6.35. The van der Waals surface area contributed by atoms with Crippen molar-refractivity contribution in [1.82, 2.24) is 4.57 Å². The fourth-order valence-corrected chi connectivity index (χ4v) is 4.67. The van der Waals surface area contributed by atoms with E-state index in [1.165, 1.54) is 60.3 Å². The van der Waals surface area contributed by atoms with Gasteiger partial charge >= 0.3 is 0 Å². The first-order chi connectivity index (χ1) is 19.0. The monoisotopic (exact) mass is 589 g/mol. The quantitative estimate of drug-likeness (QED) is 0.427. The average Bonchev–Trinajstić information content (AvgIpc) is 3.23. The van der Waals surface area contributed by atoms with Crippen molar-refractivity contribution < 1.29 is 33.3 Å². The van der Waals surface area contributed by atoms with Crippen LogP contribution in [-0.2, 0) is 16.2 Å². The van der Waals surface area contributed by atoms with Crippen LogP contribution in [0.1, 0.15) is 45.4 Å². The van der Waals surface area contributed by atoms with Crippen molar-refractivity contribution in [2.45, 2.75) is 58.8 Å². The number of benzene rings is 2. The second kappa shape index (κ2) is 10.9. The van der Waals surface area contributed by atoms with E-state index in [9.17, 15) is 33.4 Å². The number of nitrogens with zero attached hydrogens (tertiary/aromatic N) is 3. The summed E-state index contributed by atoms with van der Waals surface area (Å²) in [7, 11) is 0. The molecule has 0 fully saturated rings. The number of aromatic nitrogens is 1. The van der Waals surface area contributed by atoms with E-state index in [4.69, 9.17) is 16.3 Å². The molecule has 0 saturated heterocycles. The molecule has 0 saturated carbocycles. The Kier molecular flexibility index (Phi) is 8.01. The molecule has 0 unspecified atom stereocenters. The minimum Gasteiger partial charge on any atom is -0.487 e. The molecule has 0 radical (unpaired) electrons. The molecule has 9 nitrogen and oxygen atoms in total. The van der Waals surface area contributed by atoms with Crippen LogP contribution in [0.15, 0.2) is 47.3 Å². The Morgan fingerprint density at radius 3 is 2.29 bits per heavy atom. The Morgan fingerprint density at radius 2 is 1.68 bits per heavy atom. The zero-order valence-electron chi connectivity index (χ0n) is 23.2. The van der Waals surface area contributed by atoms with Gasteiger partial charge < -0.3 is 14.9 Å². The Bertz CT molecular complexity index is 1590. The Labute approximate surface area is 240 Å². The van der Waals surface area contributed by atoms with Crippen LogP contribution >= 0.6 is 11.6 Å². The summed E-state index contributed by atoms with van der Waals surface area (Å²) in [5.41, 5.74) is -2.28. The number of hydrogen-bond acceptors (Lipinski definition) is 6. The summed E-state index contributed by atoms with van der Waals surface area (Å²) in [6.07, 6.45) is -0.243. The van der Waals surface area contributed by atoms with E-state index in [0.29, 0.717) is 22.8 Å². The summed E-state index contributed by atoms with van der Waals surface area (Å²) in [4.78, 5) is 42.1. The van der Waals surface area contributed by atoms with Gasteiger partial charge in [-0.25, -0.2) is 8.78 Å². The molecule has 2 N–H and O–H groups in total. The fraction of sp³-hybridized carbons (Fsp3) is 0.345. The van der Waals surface area contributed by atoms with Crippen molar-refractivity contribution in [3.8, 4) is 11.4 Å². The number of anilines is 2. The third-order valence-electron chi connectivity index (χ3n) is 6.43. The number of aliphatic hydroxyl groups is 2. The maximum absolute atomic E-state index is 14.0. The first-order valence-corrected chi connectivity index (χ1v) is 13.1. The molecule has 1 aromatic heterocycles. The summed E-state index contributed by atoms with van der Waals surface area (Å²) < 4.78 is 34.1.